The van der Waals surface area contributed by atoms with Gasteiger partial charge in [0.2, 0.25) is 11.8 Å². The van der Waals surface area contributed by atoms with Gasteiger partial charge in [-0.25, -0.2) is 4.68 Å². The number of carboxylic acids is 1. The number of rotatable bonds is 6. The van der Waals surface area contributed by atoms with Crippen LogP contribution in [0.1, 0.15) is 0 Å². The van der Waals surface area contributed by atoms with Crippen molar-refractivity contribution in [2.45, 2.75) is 6.54 Å². The van der Waals surface area contributed by atoms with Gasteiger partial charge in [-0.3, -0.25) is 14.4 Å². The van der Waals surface area contributed by atoms with Gasteiger partial charge in [0.05, 0.1) is 6.54 Å². The summed E-state index contributed by atoms with van der Waals surface area (Å²) in [5.41, 5.74) is 0. The Morgan fingerprint density at radius 1 is 1.18 bits per heavy atom. The molecule has 10 heteroatoms. The minimum atomic E-state index is -1.15. The minimum absolute atomic E-state index is 0.112. The van der Waals surface area contributed by atoms with Gasteiger partial charge in [0.25, 0.3) is 0 Å². The van der Waals surface area contributed by atoms with Gasteiger partial charge in [-0.05, 0) is 10.4 Å². The van der Waals surface area contributed by atoms with Crippen LogP contribution in [0.5, 0.6) is 0 Å². The maximum absolute atomic E-state index is 11.2. The first kappa shape index (κ1) is 12.5. The number of aliphatic carboxylic acids is 1. The van der Waals surface area contributed by atoms with E-state index in [0.29, 0.717) is 0 Å². The van der Waals surface area contributed by atoms with Gasteiger partial charge >= 0.3 is 5.97 Å². The van der Waals surface area contributed by atoms with E-state index in [1.165, 1.54) is 11.0 Å². The molecule has 0 aliphatic heterocycles. The number of carbonyl (C=O) groups is 3. The second kappa shape index (κ2) is 6.15. The van der Waals surface area contributed by atoms with Crippen LogP contribution >= 0.6 is 0 Å². The standard InChI is InChI=1S/C7H10N6O4/c14-5(9-2-7(16)17)1-8-6(15)3-13-4-10-11-12-13/h4H,1-3H2,(H,8,15)(H,9,14)(H,16,17). The number of carboxylic acid groups (broad SMARTS) is 1. The number of aromatic nitrogens is 4. The number of amides is 2. The molecule has 1 rings (SSSR count). The lowest BCUT2D eigenvalue weighted by atomic mass is 10.5. The quantitative estimate of drug-likeness (QED) is 0.482. The molecule has 2 amide bonds. The highest BCUT2D eigenvalue weighted by Gasteiger charge is 2.07. The van der Waals surface area contributed by atoms with Gasteiger partial charge in [-0.2, -0.15) is 0 Å². The van der Waals surface area contributed by atoms with E-state index in [1.54, 1.807) is 0 Å². The summed E-state index contributed by atoms with van der Waals surface area (Å²) >= 11 is 0. The average Bonchev–Trinajstić information content (AvgIpc) is 2.76. The summed E-state index contributed by atoms with van der Waals surface area (Å²) in [5, 5.41) is 22.8. The zero-order valence-electron chi connectivity index (χ0n) is 8.66. The summed E-state index contributed by atoms with van der Waals surface area (Å²) in [6.07, 6.45) is 1.25. The summed E-state index contributed by atoms with van der Waals surface area (Å²) < 4.78 is 1.19. The molecule has 17 heavy (non-hydrogen) atoms. The van der Waals surface area contributed by atoms with Gasteiger partial charge in [0, 0.05) is 0 Å². The summed E-state index contributed by atoms with van der Waals surface area (Å²) in [4.78, 5) is 32.4. The summed E-state index contributed by atoms with van der Waals surface area (Å²) in [5.74, 6) is -2.20. The van der Waals surface area contributed by atoms with Gasteiger partial charge < -0.3 is 15.7 Å². The molecular weight excluding hydrogens is 232 g/mol. The van der Waals surface area contributed by atoms with Gasteiger partial charge in [-0.15, -0.1) is 5.10 Å². The normalized spacial score (nSPS) is 9.65. The fraction of sp³-hybridized carbons (Fsp3) is 0.429. The first-order valence-electron chi connectivity index (χ1n) is 4.54. The average molecular weight is 242 g/mol. The van der Waals surface area contributed by atoms with Crippen LogP contribution in [-0.2, 0) is 20.9 Å². The lowest BCUT2D eigenvalue weighted by Crippen LogP contribution is -2.40. The Labute approximate surface area is 95.0 Å². The number of nitrogens with one attached hydrogen (secondary N) is 2. The van der Waals surface area contributed by atoms with Crippen molar-refractivity contribution in [3.05, 3.63) is 6.33 Å². The van der Waals surface area contributed by atoms with Crippen molar-refractivity contribution in [1.29, 1.82) is 0 Å². The number of carbonyl (C=O) groups excluding carboxylic acids is 2. The lowest BCUT2D eigenvalue weighted by molar-refractivity contribution is -0.137. The van der Waals surface area contributed by atoms with E-state index in [1.807, 2.05) is 0 Å². The van der Waals surface area contributed by atoms with Crippen molar-refractivity contribution in [2.24, 2.45) is 0 Å². The van der Waals surface area contributed by atoms with Gasteiger partial charge in [0.15, 0.2) is 0 Å². The van der Waals surface area contributed by atoms with Gasteiger partial charge in [-0.1, -0.05) is 0 Å². The smallest absolute Gasteiger partial charge is 0.322 e. The maximum Gasteiger partial charge on any atom is 0.322 e. The van der Waals surface area contributed by atoms with E-state index >= 15 is 0 Å². The highest BCUT2D eigenvalue weighted by atomic mass is 16.4. The van der Waals surface area contributed by atoms with Crippen LogP contribution in [0.15, 0.2) is 6.33 Å². The summed E-state index contributed by atoms with van der Waals surface area (Å²) in [6.45, 7) is -0.894. The van der Waals surface area contributed by atoms with Crippen molar-refractivity contribution < 1.29 is 19.5 Å². The molecule has 1 aromatic rings. The maximum atomic E-state index is 11.2. The molecule has 0 aromatic carbocycles. The molecule has 0 aliphatic rings. The molecular formula is C7H10N6O4. The largest absolute Gasteiger partial charge is 0.480 e. The van der Waals surface area contributed by atoms with Crippen LogP contribution in [0, 0.1) is 0 Å². The van der Waals surface area contributed by atoms with E-state index in [9.17, 15) is 14.4 Å². The Bertz CT molecular complexity index is 403. The van der Waals surface area contributed by atoms with E-state index < -0.39 is 24.3 Å². The molecule has 3 N–H and O–H groups in total. The Hall–Kier alpha value is -2.52. The third kappa shape index (κ3) is 5.20. The molecule has 0 saturated carbocycles. The van der Waals surface area contributed by atoms with E-state index in [2.05, 4.69) is 26.2 Å². The van der Waals surface area contributed by atoms with Crippen LogP contribution < -0.4 is 10.6 Å². The Balaban J connectivity index is 2.19. The van der Waals surface area contributed by atoms with Crippen molar-refractivity contribution in [3.63, 3.8) is 0 Å². The number of hydrogen-bond donors (Lipinski definition) is 3. The number of tetrazole rings is 1. The summed E-state index contributed by atoms with van der Waals surface area (Å²) in [6, 6.07) is 0. The molecule has 10 nitrogen and oxygen atoms in total. The first-order chi connectivity index (χ1) is 8.08. The third-order valence-corrected chi connectivity index (χ3v) is 1.58. The Morgan fingerprint density at radius 2 is 1.88 bits per heavy atom. The highest BCUT2D eigenvalue weighted by molar-refractivity contribution is 5.86. The third-order valence-electron chi connectivity index (χ3n) is 1.58. The monoisotopic (exact) mass is 242 g/mol. The SMILES string of the molecule is O=C(O)CNC(=O)CNC(=O)Cn1cnnn1. The Kier molecular flexibility index (Phi) is 4.54. The fourth-order valence-corrected chi connectivity index (χ4v) is 0.871. The van der Waals surface area contributed by atoms with Crippen LogP contribution in [0.3, 0.4) is 0 Å². The minimum Gasteiger partial charge on any atom is -0.480 e. The van der Waals surface area contributed by atoms with Crippen molar-refractivity contribution in [2.75, 3.05) is 13.1 Å². The van der Waals surface area contributed by atoms with E-state index in [4.69, 9.17) is 5.11 Å². The van der Waals surface area contributed by atoms with Gasteiger partial charge in [0.1, 0.15) is 19.4 Å². The fourth-order valence-electron chi connectivity index (χ4n) is 0.871. The molecule has 0 aliphatic carbocycles. The second-order valence-electron chi connectivity index (χ2n) is 2.95. The van der Waals surface area contributed by atoms with E-state index in [0.717, 1.165) is 0 Å². The van der Waals surface area contributed by atoms with Crippen LogP contribution in [0.25, 0.3) is 0 Å². The Morgan fingerprint density at radius 3 is 2.47 bits per heavy atom. The molecule has 92 valence electrons. The second-order valence-corrected chi connectivity index (χ2v) is 2.95. The molecule has 0 fully saturated rings. The molecule has 0 unspecified atom stereocenters. The predicted octanol–water partition coefficient (Wildman–Crippen LogP) is -3.01. The molecule has 0 atom stereocenters. The highest BCUT2D eigenvalue weighted by Crippen LogP contribution is 1.77. The predicted molar refractivity (Wildman–Crippen MR) is 51.5 cm³/mol. The van der Waals surface area contributed by atoms with Crippen molar-refractivity contribution in [1.82, 2.24) is 30.8 Å². The van der Waals surface area contributed by atoms with Crippen LogP contribution in [0.2, 0.25) is 0 Å². The lowest BCUT2D eigenvalue weighted by Gasteiger charge is -2.04. The summed E-state index contributed by atoms with van der Waals surface area (Å²) in [7, 11) is 0. The van der Waals surface area contributed by atoms with Crippen LogP contribution in [-0.4, -0.2) is 56.2 Å². The van der Waals surface area contributed by atoms with Crippen molar-refractivity contribution >= 4 is 17.8 Å². The zero-order valence-corrected chi connectivity index (χ0v) is 8.66. The number of nitrogens with zero attached hydrogens (tertiary/aromatic N) is 4. The molecule has 0 saturated heterocycles. The van der Waals surface area contributed by atoms with Crippen LogP contribution in [0.4, 0.5) is 0 Å². The molecule has 0 spiro atoms. The first-order valence-corrected chi connectivity index (χ1v) is 4.54. The van der Waals surface area contributed by atoms with E-state index in [-0.39, 0.29) is 13.1 Å². The molecule has 1 heterocycles. The molecule has 1 aromatic heterocycles. The number of hydrogen-bond acceptors (Lipinski definition) is 6. The van der Waals surface area contributed by atoms with Crippen molar-refractivity contribution in [3.8, 4) is 0 Å². The zero-order chi connectivity index (χ0) is 12.7. The molecule has 0 radical (unpaired) electrons. The topological polar surface area (TPSA) is 139 Å². The molecule has 0 bridgehead atoms.